The van der Waals surface area contributed by atoms with Crippen molar-refractivity contribution in [3.8, 4) is 11.3 Å². The van der Waals surface area contributed by atoms with Crippen molar-refractivity contribution < 1.29 is 13.5 Å². The minimum Gasteiger partial charge on any atom is -0.373 e. The van der Waals surface area contributed by atoms with E-state index < -0.39 is 11.6 Å². The standard InChI is InChI=1S/C24H20ClF2N5O/c1-12-9-14(5-7-28-12)18-10-15(6-8-33-18)23-31-21(16-3-4-17(25)20(27)19(16)26)22-24(32-23)30-13(2)11-29-22/h3-5,7,9,11,15,18H,6,8,10H2,1-2H3/t15-,18-/m0/s1. The van der Waals surface area contributed by atoms with Crippen LogP contribution in [-0.2, 0) is 4.74 Å². The first-order chi connectivity index (χ1) is 15.9. The molecule has 6 nitrogen and oxygen atoms in total. The van der Waals surface area contributed by atoms with Crippen molar-refractivity contribution in [1.82, 2.24) is 24.9 Å². The number of fused-ring (bicyclic) bond motifs is 1. The number of halogens is 3. The highest BCUT2D eigenvalue weighted by Crippen LogP contribution is 2.38. The van der Waals surface area contributed by atoms with Crippen molar-refractivity contribution in [2.45, 2.75) is 38.7 Å². The lowest BCUT2D eigenvalue weighted by molar-refractivity contribution is 0.00393. The van der Waals surface area contributed by atoms with Gasteiger partial charge in [-0.1, -0.05) is 11.6 Å². The normalized spacial score (nSPS) is 18.6. The molecule has 0 aliphatic carbocycles. The van der Waals surface area contributed by atoms with E-state index in [2.05, 4.69) is 24.9 Å². The van der Waals surface area contributed by atoms with E-state index in [-0.39, 0.29) is 28.3 Å². The van der Waals surface area contributed by atoms with E-state index in [9.17, 15) is 8.78 Å². The predicted octanol–water partition coefficient (Wildman–Crippen LogP) is 5.67. The molecule has 1 aromatic carbocycles. The number of rotatable bonds is 3. The Hall–Kier alpha value is -3.10. The van der Waals surface area contributed by atoms with Gasteiger partial charge in [-0.2, -0.15) is 0 Å². The molecule has 0 N–H and O–H groups in total. The third-order valence-electron chi connectivity index (χ3n) is 5.78. The van der Waals surface area contributed by atoms with E-state index in [0.717, 1.165) is 11.3 Å². The topological polar surface area (TPSA) is 73.7 Å². The Morgan fingerprint density at radius 3 is 2.67 bits per heavy atom. The van der Waals surface area contributed by atoms with Gasteiger partial charge in [-0.15, -0.1) is 0 Å². The van der Waals surface area contributed by atoms with Crippen LogP contribution in [0.4, 0.5) is 8.78 Å². The highest BCUT2D eigenvalue weighted by molar-refractivity contribution is 6.30. The van der Waals surface area contributed by atoms with E-state index in [1.54, 1.807) is 19.3 Å². The van der Waals surface area contributed by atoms with Gasteiger partial charge < -0.3 is 4.74 Å². The van der Waals surface area contributed by atoms with Gasteiger partial charge in [0.15, 0.2) is 17.3 Å². The summed E-state index contributed by atoms with van der Waals surface area (Å²) in [7, 11) is 0. The molecule has 1 aliphatic heterocycles. The third-order valence-corrected chi connectivity index (χ3v) is 6.07. The van der Waals surface area contributed by atoms with Gasteiger partial charge in [0.2, 0.25) is 0 Å². The van der Waals surface area contributed by atoms with Crippen LogP contribution in [0, 0.1) is 25.5 Å². The maximum atomic E-state index is 14.9. The molecule has 0 bridgehead atoms. The fourth-order valence-electron chi connectivity index (χ4n) is 4.12. The van der Waals surface area contributed by atoms with Crippen LogP contribution in [0.2, 0.25) is 5.02 Å². The SMILES string of the molecule is Cc1cc([C@@H]2C[C@@H](c3nc(-c4ccc(Cl)c(F)c4F)c4ncc(C)nc4n3)CCO2)ccn1. The van der Waals surface area contributed by atoms with Crippen molar-refractivity contribution in [3.63, 3.8) is 0 Å². The molecule has 2 atom stereocenters. The zero-order chi connectivity index (χ0) is 23.1. The Balaban J connectivity index is 1.61. The van der Waals surface area contributed by atoms with Crippen molar-refractivity contribution in [3.05, 3.63) is 76.1 Å². The fourth-order valence-corrected chi connectivity index (χ4v) is 4.27. The minimum absolute atomic E-state index is 0.0305. The van der Waals surface area contributed by atoms with Crippen molar-refractivity contribution in [2.24, 2.45) is 0 Å². The summed E-state index contributed by atoms with van der Waals surface area (Å²) in [5, 5.41) is -0.295. The van der Waals surface area contributed by atoms with Gasteiger partial charge in [0.25, 0.3) is 0 Å². The summed E-state index contributed by atoms with van der Waals surface area (Å²) in [4.78, 5) is 22.4. The molecule has 0 unspecified atom stereocenters. The highest BCUT2D eigenvalue weighted by Gasteiger charge is 2.29. The second kappa shape index (κ2) is 8.68. The number of hydrogen-bond donors (Lipinski definition) is 0. The summed E-state index contributed by atoms with van der Waals surface area (Å²) in [6, 6.07) is 6.65. The van der Waals surface area contributed by atoms with Crippen molar-refractivity contribution in [1.29, 1.82) is 0 Å². The quantitative estimate of drug-likeness (QED) is 0.362. The molecule has 1 fully saturated rings. The Morgan fingerprint density at radius 2 is 1.85 bits per heavy atom. The van der Waals surface area contributed by atoms with E-state index in [1.807, 2.05) is 19.1 Å². The number of aryl methyl sites for hydroxylation is 2. The average Bonchev–Trinajstić information content (AvgIpc) is 2.82. The number of benzene rings is 1. The lowest BCUT2D eigenvalue weighted by Gasteiger charge is -2.29. The van der Waals surface area contributed by atoms with Crippen molar-refractivity contribution >= 4 is 22.8 Å². The molecule has 3 aromatic heterocycles. The molecule has 0 saturated carbocycles. The first-order valence-corrected chi connectivity index (χ1v) is 11.0. The van der Waals surface area contributed by atoms with Crippen LogP contribution in [0.15, 0.2) is 36.7 Å². The van der Waals surface area contributed by atoms with Crippen LogP contribution in [0.3, 0.4) is 0 Å². The van der Waals surface area contributed by atoms with Crippen LogP contribution in [-0.4, -0.2) is 31.5 Å². The van der Waals surface area contributed by atoms with E-state index in [4.69, 9.17) is 16.3 Å². The number of aromatic nitrogens is 5. The molecule has 0 spiro atoms. The van der Waals surface area contributed by atoms with E-state index in [1.165, 1.54) is 12.1 Å². The van der Waals surface area contributed by atoms with Crippen LogP contribution in [0.25, 0.3) is 22.4 Å². The Labute approximate surface area is 194 Å². The zero-order valence-corrected chi connectivity index (χ0v) is 18.8. The Bertz CT molecular complexity index is 1370. The monoisotopic (exact) mass is 467 g/mol. The van der Waals surface area contributed by atoms with Gasteiger partial charge in [-0.25, -0.2) is 28.7 Å². The summed E-state index contributed by atoms with van der Waals surface area (Å²) in [6.45, 7) is 4.26. The highest BCUT2D eigenvalue weighted by atomic mass is 35.5. The van der Waals surface area contributed by atoms with E-state index >= 15 is 0 Å². The largest absolute Gasteiger partial charge is 0.373 e. The summed E-state index contributed by atoms with van der Waals surface area (Å²) in [5.74, 6) is -1.75. The summed E-state index contributed by atoms with van der Waals surface area (Å²) < 4.78 is 35.1. The van der Waals surface area contributed by atoms with Gasteiger partial charge in [0.05, 0.1) is 16.8 Å². The molecule has 0 amide bonds. The second-order valence-electron chi connectivity index (χ2n) is 8.15. The minimum atomic E-state index is -1.12. The van der Waals surface area contributed by atoms with Gasteiger partial charge in [-0.05, 0) is 56.5 Å². The molecule has 0 radical (unpaired) electrons. The molecule has 4 heterocycles. The Morgan fingerprint density at radius 1 is 1.00 bits per heavy atom. The summed E-state index contributed by atoms with van der Waals surface area (Å²) >= 11 is 5.76. The maximum absolute atomic E-state index is 14.9. The van der Waals surface area contributed by atoms with Gasteiger partial charge in [0, 0.05) is 36.2 Å². The van der Waals surface area contributed by atoms with Crippen LogP contribution < -0.4 is 0 Å². The summed E-state index contributed by atoms with van der Waals surface area (Å²) in [6.07, 6.45) is 4.52. The molecule has 33 heavy (non-hydrogen) atoms. The lowest BCUT2D eigenvalue weighted by Crippen LogP contribution is -2.21. The molecular formula is C24H20ClF2N5O. The summed E-state index contributed by atoms with van der Waals surface area (Å²) in [5.41, 5.74) is 3.42. The molecular weight excluding hydrogens is 448 g/mol. The van der Waals surface area contributed by atoms with Crippen molar-refractivity contribution in [2.75, 3.05) is 6.61 Å². The zero-order valence-electron chi connectivity index (χ0n) is 18.0. The first-order valence-electron chi connectivity index (χ1n) is 10.6. The maximum Gasteiger partial charge on any atom is 0.182 e. The molecule has 168 valence electrons. The average molecular weight is 468 g/mol. The number of hydrogen-bond acceptors (Lipinski definition) is 6. The first kappa shape index (κ1) is 21.7. The van der Waals surface area contributed by atoms with Crippen LogP contribution >= 0.6 is 11.6 Å². The number of nitrogens with zero attached hydrogens (tertiary/aromatic N) is 5. The number of pyridine rings is 1. The molecule has 4 aromatic rings. The van der Waals surface area contributed by atoms with E-state index in [0.29, 0.717) is 42.1 Å². The fraction of sp³-hybridized carbons (Fsp3) is 0.292. The molecule has 9 heteroatoms. The number of ether oxygens (including phenoxy) is 1. The molecule has 1 aliphatic rings. The van der Waals surface area contributed by atoms with Gasteiger partial charge in [-0.3, -0.25) is 4.98 Å². The smallest absolute Gasteiger partial charge is 0.182 e. The lowest BCUT2D eigenvalue weighted by atomic mass is 9.91. The van der Waals surface area contributed by atoms with Gasteiger partial charge >= 0.3 is 0 Å². The molecule has 1 saturated heterocycles. The van der Waals surface area contributed by atoms with Crippen LogP contribution in [0.1, 0.15) is 47.6 Å². The third kappa shape index (κ3) is 4.16. The van der Waals surface area contributed by atoms with Gasteiger partial charge in [0.1, 0.15) is 17.0 Å². The molecule has 5 rings (SSSR count). The predicted molar refractivity (Wildman–Crippen MR) is 120 cm³/mol. The van der Waals surface area contributed by atoms with Crippen LogP contribution in [0.5, 0.6) is 0 Å². The second-order valence-corrected chi connectivity index (χ2v) is 8.56. The Kier molecular flexibility index (Phi) is 5.72.